The van der Waals surface area contributed by atoms with E-state index in [2.05, 4.69) is 22.2 Å². The monoisotopic (exact) mass is 231 g/mol. The van der Waals surface area contributed by atoms with E-state index in [1.165, 1.54) is 6.92 Å². The number of carbonyl (C=O) groups is 1. The highest BCUT2D eigenvalue weighted by Gasteiger charge is 2.15. The van der Waals surface area contributed by atoms with Crippen LogP contribution in [0, 0.1) is 0 Å². The Morgan fingerprint density at radius 1 is 1.47 bits per heavy atom. The Hall–Kier alpha value is -1.84. The maximum Gasteiger partial charge on any atom is 0.217 e. The van der Waals surface area contributed by atoms with Gasteiger partial charge < -0.3 is 10.3 Å². The fraction of sp³-hybridized carbons (Fsp3) is 0.385. The van der Waals surface area contributed by atoms with Gasteiger partial charge in [-0.25, -0.2) is 4.98 Å². The lowest BCUT2D eigenvalue weighted by Crippen LogP contribution is -2.26. The number of benzene rings is 1. The molecular formula is C13H17N3O. The number of aromatic amines is 1. The minimum absolute atomic E-state index is 0.0232. The zero-order valence-electron chi connectivity index (χ0n) is 10.2. The summed E-state index contributed by atoms with van der Waals surface area (Å²) in [7, 11) is 0. The molecule has 1 amide bonds. The lowest BCUT2D eigenvalue weighted by atomic mass is 10.1. The first kappa shape index (κ1) is 11.6. The third kappa shape index (κ3) is 2.64. The Labute approximate surface area is 100 Å². The van der Waals surface area contributed by atoms with Crippen LogP contribution >= 0.6 is 0 Å². The first-order valence-electron chi connectivity index (χ1n) is 5.92. The number of aromatic nitrogens is 2. The molecule has 2 aromatic rings. The normalized spacial score (nSPS) is 12.6. The summed E-state index contributed by atoms with van der Waals surface area (Å²) in [6.07, 6.45) is 1.89. The second-order valence-corrected chi connectivity index (χ2v) is 4.18. The maximum atomic E-state index is 11.2. The second-order valence-electron chi connectivity index (χ2n) is 4.18. The molecule has 1 atom stereocenters. The fourth-order valence-electron chi connectivity index (χ4n) is 1.95. The van der Waals surface area contributed by atoms with Crippen molar-refractivity contribution in [3.63, 3.8) is 0 Å². The van der Waals surface area contributed by atoms with Gasteiger partial charge >= 0.3 is 0 Å². The van der Waals surface area contributed by atoms with Gasteiger partial charge in [-0.3, -0.25) is 4.79 Å². The van der Waals surface area contributed by atoms with E-state index in [1.54, 1.807) is 0 Å². The first-order valence-corrected chi connectivity index (χ1v) is 5.92. The van der Waals surface area contributed by atoms with Gasteiger partial charge in [0.1, 0.15) is 5.82 Å². The molecule has 17 heavy (non-hydrogen) atoms. The molecular weight excluding hydrogens is 214 g/mol. The Morgan fingerprint density at radius 3 is 2.88 bits per heavy atom. The molecule has 1 heterocycles. The van der Waals surface area contributed by atoms with Gasteiger partial charge in [-0.1, -0.05) is 25.5 Å². The molecule has 90 valence electrons. The molecule has 4 heteroatoms. The van der Waals surface area contributed by atoms with Gasteiger partial charge in [-0.15, -0.1) is 0 Å². The van der Waals surface area contributed by atoms with Crippen molar-refractivity contribution < 1.29 is 4.79 Å². The molecule has 4 nitrogen and oxygen atoms in total. The highest BCUT2D eigenvalue weighted by atomic mass is 16.1. The number of imidazole rings is 1. The van der Waals surface area contributed by atoms with Crippen molar-refractivity contribution in [3.05, 3.63) is 30.1 Å². The van der Waals surface area contributed by atoms with Gasteiger partial charge in [0.15, 0.2) is 0 Å². The van der Waals surface area contributed by atoms with E-state index in [9.17, 15) is 4.79 Å². The summed E-state index contributed by atoms with van der Waals surface area (Å²) in [5, 5.41) is 2.93. The predicted molar refractivity (Wildman–Crippen MR) is 67.6 cm³/mol. The van der Waals surface area contributed by atoms with E-state index in [0.717, 1.165) is 29.7 Å². The SMILES string of the molecule is CCCC(NC(C)=O)c1nc2ccccc2[nH]1. The quantitative estimate of drug-likeness (QED) is 0.849. The Kier molecular flexibility index (Phi) is 3.42. The van der Waals surface area contributed by atoms with Gasteiger partial charge in [0.25, 0.3) is 0 Å². The smallest absolute Gasteiger partial charge is 0.217 e. The van der Waals surface area contributed by atoms with Crippen LogP contribution in [0.4, 0.5) is 0 Å². The molecule has 2 N–H and O–H groups in total. The van der Waals surface area contributed by atoms with Crippen LogP contribution in [0.5, 0.6) is 0 Å². The first-order chi connectivity index (χ1) is 8.20. The zero-order chi connectivity index (χ0) is 12.3. The minimum atomic E-state index is -0.0242. The summed E-state index contributed by atoms with van der Waals surface area (Å²) in [6.45, 7) is 3.63. The minimum Gasteiger partial charge on any atom is -0.346 e. The second kappa shape index (κ2) is 4.99. The Morgan fingerprint density at radius 2 is 2.24 bits per heavy atom. The van der Waals surface area contributed by atoms with Crippen LogP contribution in [0.15, 0.2) is 24.3 Å². The third-order valence-corrected chi connectivity index (χ3v) is 2.69. The number of fused-ring (bicyclic) bond motifs is 1. The van der Waals surface area contributed by atoms with Crippen molar-refractivity contribution in [2.45, 2.75) is 32.7 Å². The molecule has 2 rings (SSSR count). The molecule has 0 saturated heterocycles. The largest absolute Gasteiger partial charge is 0.346 e. The van der Waals surface area contributed by atoms with Crippen LogP contribution in [-0.2, 0) is 4.79 Å². The van der Waals surface area contributed by atoms with E-state index in [-0.39, 0.29) is 11.9 Å². The summed E-state index contributed by atoms with van der Waals surface area (Å²) >= 11 is 0. The van der Waals surface area contributed by atoms with Crippen LogP contribution in [0.3, 0.4) is 0 Å². The summed E-state index contributed by atoms with van der Waals surface area (Å²) < 4.78 is 0. The molecule has 0 saturated carbocycles. The van der Waals surface area contributed by atoms with Crippen molar-refractivity contribution in [3.8, 4) is 0 Å². The average Bonchev–Trinajstić information content (AvgIpc) is 2.71. The summed E-state index contributed by atoms with van der Waals surface area (Å²) in [5.41, 5.74) is 1.95. The lowest BCUT2D eigenvalue weighted by Gasteiger charge is -2.14. The predicted octanol–water partition coefficient (Wildman–Crippen LogP) is 2.54. The van der Waals surface area contributed by atoms with Crippen molar-refractivity contribution in [1.82, 2.24) is 15.3 Å². The molecule has 0 radical (unpaired) electrons. The molecule has 1 aromatic carbocycles. The van der Waals surface area contributed by atoms with E-state index in [0.29, 0.717) is 0 Å². The van der Waals surface area contributed by atoms with Gasteiger partial charge in [0.2, 0.25) is 5.91 Å². The number of para-hydroxylation sites is 2. The van der Waals surface area contributed by atoms with E-state index in [4.69, 9.17) is 0 Å². The fourth-order valence-corrected chi connectivity index (χ4v) is 1.95. The van der Waals surface area contributed by atoms with Crippen LogP contribution in [-0.4, -0.2) is 15.9 Å². The highest BCUT2D eigenvalue weighted by molar-refractivity contribution is 5.76. The van der Waals surface area contributed by atoms with Gasteiger partial charge in [0.05, 0.1) is 17.1 Å². The Balaban J connectivity index is 2.31. The standard InChI is InChI=1S/C13H17N3O/c1-3-6-12(14-9(2)17)13-15-10-7-4-5-8-11(10)16-13/h4-5,7-8,12H,3,6H2,1-2H3,(H,14,17)(H,15,16). The topological polar surface area (TPSA) is 57.8 Å². The van der Waals surface area contributed by atoms with Gasteiger partial charge in [-0.05, 0) is 18.6 Å². The van der Waals surface area contributed by atoms with Crippen molar-refractivity contribution in [2.75, 3.05) is 0 Å². The number of nitrogens with zero attached hydrogens (tertiary/aromatic N) is 1. The van der Waals surface area contributed by atoms with Gasteiger partial charge in [0, 0.05) is 6.92 Å². The van der Waals surface area contributed by atoms with Crippen LogP contribution < -0.4 is 5.32 Å². The lowest BCUT2D eigenvalue weighted by molar-refractivity contribution is -0.119. The van der Waals surface area contributed by atoms with Crippen LogP contribution in [0.25, 0.3) is 11.0 Å². The summed E-state index contributed by atoms with van der Waals surface area (Å²) in [6, 6.07) is 7.86. The molecule has 1 unspecified atom stereocenters. The summed E-state index contributed by atoms with van der Waals surface area (Å²) in [5.74, 6) is 0.812. The van der Waals surface area contributed by atoms with Crippen LogP contribution in [0.2, 0.25) is 0 Å². The van der Waals surface area contributed by atoms with Crippen molar-refractivity contribution in [1.29, 1.82) is 0 Å². The molecule has 1 aromatic heterocycles. The highest BCUT2D eigenvalue weighted by Crippen LogP contribution is 2.19. The number of amides is 1. The van der Waals surface area contributed by atoms with E-state index >= 15 is 0 Å². The molecule has 0 aliphatic carbocycles. The number of carbonyl (C=O) groups excluding carboxylic acids is 1. The Bertz CT molecular complexity index is 485. The van der Waals surface area contributed by atoms with E-state index < -0.39 is 0 Å². The zero-order valence-corrected chi connectivity index (χ0v) is 10.2. The van der Waals surface area contributed by atoms with Crippen molar-refractivity contribution in [2.24, 2.45) is 0 Å². The van der Waals surface area contributed by atoms with Crippen molar-refractivity contribution >= 4 is 16.9 Å². The summed E-state index contributed by atoms with van der Waals surface area (Å²) in [4.78, 5) is 18.9. The molecule has 0 fully saturated rings. The van der Waals surface area contributed by atoms with E-state index in [1.807, 2.05) is 24.3 Å². The number of nitrogens with one attached hydrogen (secondary N) is 2. The van der Waals surface area contributed by atoms with Crippen LogP contribution in [0.1, 0.15) is 38.6 Å². The number of rotatable bonds is 4. The number of hydrogen-bond acceptors (Lipinski definition) is 2. The molecule has 0 aliphatic rings. The molecule has 0 spiro atoms. The molecule has 0 bridgehead atoms. The average molecular weight is 231 g/mol. The number of H-pyrrole nitrogens is 1. The third-order valence-electron chi connectivity index (χ3n) is 2.69. The molecule has 0 aliphatic heterocycles. The number of hydrogen-bond donors (Lipinski definition) is 2. The van der Waals surface area contributed by atoms with Gasteiger partial charge in [-0.2, -0.15) is 0 Å². The maximum absolute atomic E-state index is 11.2.